The summed E-state index contributed by atoms with van der Waals surface area (Å²) in [5.41, 5.74) is 5.73. The van der Waals surface area contributed by atoms with E-state index in [1.54, 1.807) is 13.2 Å². The lowest BCUT2D eigenvalue weighted by Gasteiger charge is -2.23. The van der Waals surface area contributed by atoms with Crippen LogP contribution in [0, 0.1) is 0 Å². The highest BCUT2D eigenvalue weighted by Gasteiger charge is 2.22. The molecule has 1 aromatic carbocycles. The summed E-state index contributed by atoms with van der Waals surface area (Å²) in [5, 5.41) is 10.2. The molecule has 29 heavy (non-hydrogen) atoms. The molecule has 1 unspecified atom stereocenters. The van der Waals surface area contributed by atoms with E-state index in [0.717, 1.165) is 35.9 Å². The Balaban J connectivity index is 1.39. The molecule has 3 aromatic heterocycles. The summed E-state index contributed by atoms with van der Waals surface area (Å²) in [4.78, 5) is 31.7. The number of aromatic amines is 2. The van der Waals surface area contributed by atoms with Crippen molar-refractivity contribution in [1.29, 1.82) is 0 Å². The van der Waals surface area contributed by atoms with Crippen LogP contribution in [0.25, 0.3) is 22.3 Å². The zero-order valence-corrected chi connectivity index (χ0v) is 15.9. The summed E-state index contributed by atoms with van der Waals surface area (Å²) in [7, 11) is 1.70. The highest BCUT2D eigenvalue weighted by molar-refractivity contribution is 5.95. The van der Waals surface area contributed by atoms with Gasteiger partial charge in [0, 0.05) is 36.1 Å². The van der Waals surface area contributed by atoms with Crippen molar-refractivity contribution in [3.05, 3.63) is 70.0 Å². The largest absolute Gasteiger partial charge is 0.349 e. The molecule has 1 aliphatic rings. The Morgan fingerprint density at radius 2 is 2.14 bits per heavy atom. The maximum atomic E-state index is 12.8. The van der Waals surface area contributed by atoms with Crippen molar-refractivity contribution in [2.45, 2.75) is 25.3 Å². The molecule has 1 atom stereocenters. The number of nitrogens with zero attached hydrogens (tertiary/aromatic N) is 3. The van der Waals surface area contributed by atoms with Crippen LogP contribution in [-0.4, -0.2) is 36.7 Å². The topological polar surface area (TPSA) is 108 Å². The smallest absolute Gasteiger partial charge is 0.327 e. The van der Waals surface area contributed by atoms with Crippen LogP contribution in [0.1, 0.15) is 28.0 Å². The van der Waals surface area contributed by atoms with Gasteiger partial charge in [-0.15, -0.1) is 0 Å². The van der Waals surface area contributed by atoms with Crippen molar-refractivity contribution < 1.29 is 4.79 Å². The van der Waals surface area contributed by atoms with Crippen LogP contribution >= 0.6 is 0 Å². The summed E-state index contributed by atoms with van der Waals surface area (Å²) >= 11 is 0. The van der Waals surface area contributed by atoms with Gasteiger partial charge in [0.1, 0.15) is 0 Å². The average Bonchev–Trinajstić information content (AvgIpc) is 3.32. The van der Waals surface area contributed by atoms with Crippen LogP contribution in [0.15, 0.2) is 47.5 Å². The van der Waals surface area contributed by atoms with Gasteiger partial charge in [-0.05, 0) is 48.6 Å². The van der Waals surface area contributed by atoms with Gasteiger partial charge in [-0.25, -0.2) is 9.78 Å². The maximum Gasteiger partial charge on any atom is 0.327 e. The molecule has 0 saturated carbocycles. The van der Waals surface area contributed by atoms with Gasteiger partial charge >= 0.3 is 5.69 Å². The first-order valence-corrected chi connectivity index (χ1v) is 9.55. The zero-order valence-electron chi connectivity index (χ0n) is 15.9. The monoisotopic (exact) mass is 388 g/mol. The molecule has 0 saturated heterocycles. The quantitative estimate of drug-likeness (QED) is 0.498. The van der Waals surface area contributed by atoms with Crippen molar-refractivity contribution in [3.63, 3.8) is 0 Å². The molecular formula is C21H20N6O2. The number of amides is 1. The molecular weight excluding hydrogens is 368 g/mol. The van der Waals surface area contributed by atoms with Crippen molar-refractivity contribution >= 4 is 17.1 Å². The highest BCUT2D eigenvalue weighted by atomic mass is 16.2. The second-order valence-corrected chi connectivity index (χ2v) is 7.45. The number of rotatable bonds is 3. The number of hydrogen-bond acceptors (Lipinski definition) is 4. The SMILES string of the molecule is Cn1c(=O)[nH]c2ncc(-c3cccc(C(=O)NC4CCc5[nH]ncc5C4)c3)cc21. The van der Waals surface area contributed by atoms with E-state index in [9.17, 15) is 9.59 Å². The van der Waals surface area contributed by atoms with E-state index < -0.39 is 0 Å². The van der Waals surface area contributed by atoms with Crippen molar-refractivity contribution in [1.82, 2.24) is 30.0 Å². The number of benzene rings is 1. The predicted molar refractivity (Wildman–Crippen MR) is 109 cm³/mol. The number of aromatic nitrogens is 5. The van der Waals surface area contributed by atoms with Crippen LogP contribution < -0.4 is 11.0 Å². The number of pyridine rings is 1. The molecule has 1 aliphatic carbocycles. The standard InChI is InChI=1S/C21H20N6O2/c1-27-18-9-14(10-22-19(18)25-21(27)29)12-3-2-4-13(7-12)20(28)24-16-5-6-17-15(8-16)11-23-26-17/h2-4,7,9-11,16H,5-6,8H2,1H3,(H,23,26)(H,24,28)(H,22,25,29). The molecule has 146 valence electrons. The van der Waals surface area contributed by atoms with Gasteiger partial charge in [-0.3, -0.25) is 19.4 Å². The average molecular weight is 388 g/mol. The summed E-state index contributed by atoms with van der Waals surface area (Å²) in [6.45, 7) is 0. The molecule has 0 spiro atoms. The fourth-order valence-electron chi connectivity index (χ4n) is 3.91. The minimum absolute atomic E-state index is 0.0909. The third-order valence-corrected chi connectivity index (χ3v) is 5.57. The van der Waals surface area contributed by atoms with Crippen LogP contribution in [0.4, 0.5) is 0 Å². The van der Waals surface area contributed by atoms with Crippen LogP contribution in [0.3, 0.4) is 0 Å². The minimum atomic E-state index is -0.203. The summed E-state index contributed by atoms with van der Waals surface area (Å²) in [6.07, 6.45) is 6.12. The van der Waals surface area contributed by atoms with Crippen molar-refractivity contribution in [3.8, 4) is 11.1 Å². The number of hydrogen-bond donors (Lipinski definition) is 3. The van der Waals surface area contributed by atoms with Gasteiger partial charge in [0.25, 0.3) is 5.91 Å². The number of imidazole rings is 1. The Labute approximate surface area is 166 Å². The molecule has 0 aliphatic heterocycles. The summed E-state index contributed by atoms with van der Waals surface area (Å²) in [5.74, 6) is -0.0909. The number of nitrogens with one attached hydrogen (secondary N) is 3. The number of H-pyrrole nitrogens is 2. The van der Waals surface area contributed by atoms with E-state index in [4.69, 9.17) is 0 Å². The molecule has 3 heterocycles. The molecule has 0 fully saturated rings. The lowest BCUT2D eigenvalue weighted by atomic mass is 9.93. The number of aryl methyl sites for hydroxylation is 2. The maximum absolute atomic E-state index is 12.8. The Bertz CT molecular complexity index is 1280. The Morgan fingerprint density at radius 1 is 1.24 bits per heavy atom. The summed E-state index contributed by atoms with van der Waals surface area (Å²) < 4.78 is 1.52. The number of carbonyl (C=O) groups excluding carboxylic acids is 1. The first kappa shape index (κ1) is 17.4. The zero-order chi connectivity index (χ0) is 20.0. The molecule has 8 heteroatoms. The highest BCUT2D eigenvalue weighted by Crippen LogP contribution is 2.23. The van der Waals surface area contributed by atoms with Gasteiger partial charge < -0.3 is 5.32 Å². The molecule has 5 rings (SSSR count). The molecule has 1 amide bonds. The van der Waals surface area contributed by atoms with Crippen LogP contribution in [0.2, 0.25) is 0 Å². The van der Waals surface area contributed by atoms with Gasteiger partial charge in [-0.1, -0.05) is 12.1 Å². The van der Waals surface area contributed by atoms with Gasteiger partial charge in [-0.2, -0.15) is 5.10 Å². The number of carbonyl (C=O) groups is 1. The third-order valence-electron chi connectivity index (χ3n) is 5.57. The minimum Gasteiger partial charge on any atom is -0.349 e. The lowest BCUT2D eigenvalue weighted by molar-refractivity contribution is 0.0933. The Hall–Kier alpha value is -3.68. The molecule has 3 N–H and O–H groups in total. The fourth-order valence-corrected chi connectivity index (χ4v) is 3.91. The Morgan fingerprint density at radius 3 is 3.03 bits per heavy atom. The number of fused-ring (bicyclic) bond motifs is 2. The van der Waals surface area contributed by atoms with E-state index in [2.05, 4.69) is 25.5 Å². The second kappa shape index (κ2) is 6.73. The van der Waals surface area contributed by atoms with E-state index >= 15 is 0 Å². The van der Waals surface area contributed by atoms with Crippen LogP contribution in [0.5, 0.6) is 0 Å². The van der Waals surface area contributed by atoms with Gasteiger partial charge in [0.05, 0.1) is 11.7 Å². The van der Waals surface area contributed by atoms with Gasteiger partial charge in [0.15, 0.2) is 5.65 Å². The van der Waals surface area contributed by atoms with Crippen molar-refractivity contribution in [2.75, 3.05) is 0 Å². The molecule has 4 aromatic rings. The molecule has 8 nitrogen and oxygen atoms in total. The van der Waals surface area contributed by atoms with E-state index in [0.29, 0.717) is 11.2 Å². The molecule has 0 radical (unpaired) electrons. The third kappa shape index (κ3) is 3.12. The van der Waals surface area contributed by atoms with Crippen molar-refractivity contribution in [2.24, 2.45) is 7.05 Å². The Kier molecular flexibility index (Phi) is 4.04. The second-order valence-electron chi connectivity index (χ2n) is 7.45. The first-order valence-electron chi connectivity index (χ1n) is 9.55. The van der Waals surface area contributed by atoms with E-state index in [1.165, 1.54) is 15.8 Å². The van der Waals surface area contributed by atoms with Crippen LogP contribution in [-0.2, 0) is 19.9 Å². The summed E-state index contributed by atoms with van der Waals surface area (Å²) in [6, 6.07) is 9.46. The molecule has 0 bridgehead atoms. The van der Waals surface area contributed by atoms with Gasteiger partial charge in [0.2, 0.25) is 0 Å². The predicted octanol–water partition coefficient (Wildman–Crippen LogP) is 1.94. The normalized spacial score (nSPS) is 16.0. The lowest BCUT2D eigenvalue weighted by Crippen LogP contribution is -2.38. The fraction of sp³-hybridized carbons (Fsp3) is 0.238. The first-order chi connectivity index (χ1) is 14.1. The van der Waals surface area contributed by atoms with E-state index in [-0.39, 0.29) is 17.6 Å². The van der Waals surface area contributed by atoms with E-state index in [1.807, 2.05) is 36.5 Å².